The van der Waals surface area contributed by atoms with Gasteiger partial charge >= 0.3 is 0 Å². The van der Waals surface area contributed by atoms with Crippen LogP contribution in [0.15, 0.2) is 42.7 Å². The summed E-state index contributed by atoms with van der Waals surface area (Å²) < 4.78 is 18.4. The fourth-order valence-corrected chi connectivity index (χ4v) is 1.68. The van der Waals surface area contributed by atoms with Crippen LogP contribution >= 0.6 is 0 Å². The van der Waals surface area contributed by atoms with E-state index < -0.39 is 11.7 Å². The summed E-state index contributed by atoms with van der Waals surface area (Å²) >= 11 is 0. The van der Waals surface area contributed by atoms with Crippen molar-refractivity contribution in [1.82, 2.24) is 4.98 Å². The monoisotopic (exact) mass is 288 g/mol. The van der Waals surface area contributed by atoms with E-state index in [1.807, 2.05) is 0 Å². The Morgan fingerprint density at radius 2 is 2.05 bits per heavy atom. The molecule has 0 aliphatic heterocycles. The number of ketones is 1. The van der Waals surface area contributed by atoms with Crippen LogP contribution in [-0.2, 0) is 4.79 Å². The van der Waals surface area contributed by atoms with E-state index in [9.17, 15) is 14.0 Å². The fourth-order valence-electron chi connectivity index (χ4n) is 1.68. The Kier molecular flexibility index (Phi) is 4.61. The van der Waals surface area contributed by atoms with Gasteiger partial charge in [-0.1, -0.05) is 12.1 Å². The molecule has 1 amide bonds. The molecule has 0 atom stereocenters. The van der Waals surface area contributed by atoms with Gasteiger partial charge in [-0.05, 0) is 25.1 Å². The third-order valence-corrected chi connectivity index (χ3v) is 2.67. The van der Waals surface area contributed by atoms with Crippen LogP contribution < -0.4 is 10.1 Å². The summed E-state index contributed by atoms with van der Waals surface area (Å²) in [6.45, 7) is 1.02. The van der Waals surface area contributed by atoms with Crippen LogP contribution in [0.1, 0.15) is 17.3 Å². The molecule has 6 heteroatoms. The minimum absolute atomic E-state index is 0.00540. The molecule has 0 aliphatic rings. The van der Waals surface area contributed by atoms with Crippen molar-refractivity contribution < 1.29 is 18.7 Å². The van der Waals surface area contributed by atoms with Crippen LogP contribution in [0.5, 0.6) is 5.75 Å². The van der Waals surface area contributed by atoms with E-state index in [0.29, 0.717) is 11.3 Å². The lowest BCUT2D eigenvalue weighted by molar-refractivity contribution is -0.118. The van der Waals surface area contributed by atoms with Crippen molar-refractivity contribution in [3.8, 4) is 5.75 Å². The number of pyridine rings is 1. The average Bonchev–Trinajstić information content (AvgIpc) is 2.47. The topological polar surface area (TPSA) is 68.3 Å². The molecule has 0 spiro atoms. The van der Waals surface area contributed by atoms with Crippen LogP contribution in [0.25, 0.3) is 0 Å². The molecule has 1 aromatic carbocycles. The first kappa shape index (κ1) is 14.6. The van der Waals surface area contributed by atoms with Gasteiger partial charge in [-0.2, -0.15) is 0 Å². The normalized spacial score (nSPS) is 10.0. The number of hydrogen-bond acceptors (Lipinski definition) is 4. The predicted octanol–water partition coefficient (Wildman–Crippen LogP) is 2.44. The van der Waals surface area contributed by atoms with E-state index in [4.69, 9.17) is 4.74 Å². The van der Waals surface area contributed by atoms with Gasteiger partial charge in [-0.25, -0.2) is 4.39 Å². The molecule has 0 aliphatic carbocycles. The molecule has 0 bridgehead atoms. The molecular weight excluding hydrogens is 275 g/mol. The lowest BCUT2D eigenvalue weighted by Gasteiger charge is -2.10. The zero-order valence-electron chi connectivity index (χ0n) is 11.3. The molecule has 0 fully saturated rings. The maximum Gasteiger partial charge on any atom is 0.262 e. The Bertz CT molecular complexity index is 673. The summed E-state index contributed by atoms with van der Waals surface area (Å²) in [6, 6.07) is 7.31. The number of halogens is 1. The highest BCUT2D eigenvalue weighted by molar-refractivity contribution is 6.03. The first-order chi connectivity index (χ1) is 10.1. The van der Waals surface area contributed by atoms with Gasteiger partial charge in [0.15, 0.2) is 24.0 Å². The Labute approximate surface area is 120 Å². The number of nitrogens with one attached hydrogen (secondary N) is 1. The highest BCUT2D eigenvalue weighted by Crippen LogP contribution is 2.16. The Morgan fingerprint density at radius 1 is 1.29 bits per heavy atom. The molecule has 0 saturated heterocycles. The highest BCUT2D eigenvalue weighted by Gasteiger charge is 2.11. The number of anilines is 1. The molecule has 108 valence electrons. The standard InChI is InChI=1S/C15H13FN2O3/c1-10(19)11-8-17-7-6-13(11)18-15(20)9-21-14-5-3-2-4-12(14)16/h2-8H,9H2,1H3,(H,17,18,20). The minimum Gasteiger partial charge on any atom is -0.481 e. The predicted molar refractivity (Wildman–Crippen MR) is 74.8 cm³/mol. The van der Waals surface area contributed by atoms with Crippen LogP contribution in [0.2, 0.25) is 0 Å². The van der Waals surface area contributed by atoms with Crippen molar-refractivity contribution in [2.75, 3.05) is 11.9 Å². The number of Topliss-reactive ketones (excluding diaryl/α,β-unsaturated/α-hetero) is 1. The third kappa shape index (κ3) is 3.85. The van der Waals surface area contributed by atoms with Crippen molar-refractivity contribution in [3.05, 3.63) is 54.1 Å². The number of hydrogen-bond donors (Lipinski definition) is 1. The van der Waals surface area contributed by atoms with E-state index in [1.165, 1.54) is 43.6 Å². The summed E-state index contributed by atoms with van der Waals surface area (Å²) in [4.78, 5) is 27.0. The molecule has 0 unspecified atom stereocenters. The molecule has 1 heterocycles. The summed E-state index contributed by atoms with van der Waals surface area (Å²) in [5, 5.41) is 2.53. The van der Waals surface area contributed by atoms with Crippen molar-refractivity contribution in [2.24, 2.45) is 0 Å². The van der Waals surface area contributed by atoms with Crippen molar-refractivity contribution in [1.29, 1.82) is 0 Å². The van der Waals surface area contributed by atoms with Gasteiger partial charge in [0.25, 0.3) is 5.91 Å². The number of nitrogens with zero attached hydrogens (tertiary/aromatic N) is 1. The van der Waals surface area contributed by atoms with E-state index >= 15 is 0 Å². The third-order valence-electron chi connectivity index (χ3n) is 2.67. The van der Waals surface area contributed by atoms with Crippen LogP contribution in [-0.4, -0.2) is 23.3 Å². The van der Waals surface area contributed by atoms with Crippen LogP contribution in [0, 0.1) is 5.82 Å². The van der Waals surface area contributed by atoms with Gasteiger partial charge in [0.2, 0.25) is 0 Å². The first-order valence-electron chi connectivity index (χ1n) is 6.20. The zero-order chi connectivity index (χ0) is 15.2. The number of rotatable bonds is 5. The van der Waals surface area contributed by atoms with E-state index in [-0.39, 0.29) is 18.1 Å². The molecule has 5 nitrogen and oxygen atoms in total. The highest BCUT2D eigenvalue weighted by atomic mass is 19.1. The average molecular weight is 288 g/mol. The molecular formula is C15H13FN2O3. The second-order valence-electron chi connectivity index (χ2n) is 4.24. The smallest absolute Gasteiger partial charge is 0.262 e. The number of benzene rings is 1. The van der Waals surface area contributed by atoms with Crippen LogP contribution in [0.3, 0.4) is 0 Å². The molecule has 0 radical (unpaired) electrons. The lowest BCUT2D eigenvalue weighted by Crippen LogP contribution is -2.21. The van der Waals surface area contributed by atoms with Crippen molar-refractivity contribution >= 4 is 17.4 Å². The SMILES string of the molecule is CC(=O)c1cnccc1NC(=O)COc1ccccc1F. The number of aromatic nitrogens is 1. The molecule has 0 saturated carbocycles. The molecule has 2 rings (SSSR count). The molecule has 1 N–H and O–H groups in total. The van der Waals surface area contributed by atoms with Gasteiger partial charge in [0.1, 0.15) is 0 Å². The number of amides is 1. The second-order valence-corrected chi connectivity index (χ2v) is 4.24. The Morgan fingerprint density at radius 3 is 2.76 bits per heavy atom. The van der Waals surface area contributed by atoms with Crippen molar-refractivity contribution in [2.45, 2.75) is 6.92 Å². The number of para-hydroxylation sites is 1. The van der Waals surface area contributed by atoms with Crippen molar-refractivity contribution in [3.63, 3.8) is 0 Å². The number of carbonyl (C=O) groups excluding carboxylic acids is 2. The fraction of sp³-hybridized carbons (Fsp3) is 0.133. The minimum atomic E-state index is -0.543. The molecule has 2 aromatic rings. The van der Waals surface area contributed by atoms with E-state index in [2.05, 4.69) is 10.3 Å². The van der Waals surface area contributed by atoms with Gasteiger partial charge in [-0.15, -0.1) is 0 Å². The van der Waals surface area contributed by atoms with Gasteiger partial charge in [0, 0.05) is 12.4 Å². The summed E-state index contributed by atoms with van der Waals surface area (Å²) in [5.41, 5.74) is 0.649. The summed E-state index contributed by atoms with van der Waals surface area (Å²) in [6.07, 6.45) is 2.83. The Balaban J connectivity index is 2.00. The van der Waals surface area contributed by atoms with Gasteiger partial charge < -0.3 is 10.1 Å². The maximum absolute atomic E-state index is 13.3. The van der Waals surface area contributed by atoms with E-state index in [1.54, 1.807) is 6.07 Å². The van der Waals surface area contributed by atoms with Crippen LogP contribution in [0.4, 0.5) is 10.1 Å². The number of ether oxygens (including phenoxy) is 1. The lowest BCUT2D eigenvalue weighted by atomic mass is 10.1. The number of carbonyl (C=O) groups is 2. The van der Waals surface area contributed by atoms with Gasteiger partial charge in [-0.3, -0.25) is 14.6 Å². The maximum atomic E-state index is 13.3. The first-order valence-corrected chi connectivity index (χ1v) is 6.20. The van der Waals surface area contributed by atoms with E-state index in [0.717, 1.165) is 0 Å². The second kappa shape index (κ2) is 6.60. The molecule has 1 aromatic heterocycles. The molecule has 21 heavy (non-hydrogen) atoms. The van der Waals surface area contributed by atoms with Gasteiger partial charge in [0.05, 0.1) is 11.3 Å². The summed E-state index contributed by atoms with van der Waals surface area (Å²) in [5.74, 6) is -1.26. The Hall–Kier alpha value is -2.76. The zero-order valence-corrected chi connectivity index (χ0v) is 11.3. The summed E-state index contributed by atoms with van der Waals surface area (Å²) in [7, 11) is 0. The quantitative estimate of drug-likeness (QED) is 0.858. The largest absolute Gasteiger partial charge is 0.481 e.